The number of rotatable bonds is 4. The van der Waals surface area contributed by atoms with Crippen LogP contribution in [0.25, 0.3) is 0 Å². The van der Waals surface area contributed by atoms with E-state index >= 15 is 0 Å². The van der Waals surface area contributed by atoms with Gasteiger partial charge < -0.3 is 5.73 Å². The molecule has 5 rings (SSSR count). The second-order valence-corrected chi connectivity index (χ2v) is 9.87. The summed E-state index contributed by atoms with van der Waals surface area (Å²) in [5.41, 5.74) is 7.08. The fourth-order valence-electron chi connectivity index (χ4n) is 6.51. The van der Waals surface area contributed by atoms with Crippen LogP contribution in [0.5, 0.6) is 0 Å². The lowest BCUT2D eigenvalue weighted by molar-refractivity contribution is -0.110. The Bertz CT molecular complexity index is 534. The predicted molar refractivity (Wildman–Crippen MR) is 86.4 cm³/mol. The third-order valence-corrected chi connectivity index (χ3v) is 7.37. The average molecular weight is 305 g/mol. The molecule has 1 heterocycles. The largest absolute Gasteiger partial charge is 0.330 e. The van der Waals surface area contributed by atoms with Gasteiger partial charge in [0.1, 0.15) is 10.0 Å². The van der Waals surface area contributed by atoms with E-state index in [1.54, 1.807) is 0 Å². The highest BCUT2D eigenvalue weighted by molar-refractivity contribution is 7.11. The molecule has 0 radical (unpaired) electrons. The van der Waals surface area contributed by atoms with Crippen molar-refractivity contribution in [2.24, 2.45) is 22.5 Å². The lowest BCUT2D eigenvalue weighted by atomic mass is 9.40. The molecule has 0 saturated heterocycles. The second-order valence-electron chi connectivity index (χ2n) is 8.80. The molecule has 4 bridgehead atoms. The van der Waals surface area contributed by atoms with Crippen LogP contribution in [-0.2, 0) is 11.8 Å². The van der Waals surface area contributed by atoms with Gasteiger partial charge in [-0.1, -0.05) is 13.8 Å². The van der Waals surface area contributed by atoms with Crippen LogP contribution in [0.15, 0.2) is 0 Å². The van der Waals surface area contributed by atoms with Crippen molar-refractivity contribution in [1.82, 2.24) is 10.2 Å². The molecule has 4 fully saturated rings. The maximum absolute atomic E-state index is 5.62. The zero-order valence-electron chi connectivity index (χ0n) is 13.3. The molecular weight excluding hydrogens is 278 g/mol. The van der Waals surface area contributed by atoms with Crippen LogP contribution in [0, 0.1) is 16.7 Å². The van der Waals surface area contributed by atoms with E-state index in [-0.39, 0.29) is 0 Å². The van der Waals surface area contributed by atoms with Crippen molar-refractivity contribution in [3.05, 3.63) is 10.0 Å². The van der Waals surface area contributed by atoms with Crippen molar-refractivity contribution in [2.45, 2.75) is 70.6 Å². The van der Waals surface area contributed by atoms with Gasteiger partial charge in [-0.15, -0.1) is 21.5 Å². The fraction of sp³-hybridized carbons (Fsp3) is 0.882. The summed E-state index contributed by atoms with van der Waals surface area (Å²) in [5, 5.41) is 11.7. The summed E-state index contributed by atoms with van der Waals surface area (Å²) in [5.74, 6) is 0.924. The summed E-state index contributed by atoms with van der Waals surface area (Å²) in [4.78, 5) is 0. The maximum Gasteiger partial charge on any atom is 0.123 e. The van der Waals surface area contributed by atoms with Gasteiger partial charge in [-0.2, -0.15) is 0 Å². The van der Waals surface area contributed by atoms with E-state index in [0.717, 1.165) is 25.3 Å². The van der Waals surface area contributed by atoms with Gasteiger partial charge in [0.25, 0.3) is 0 Å². The molecule has 0 aromatic carbocycles. The number of aryl methyl sites for hydroxylation is 1. The summed E-state index contributed by atoms with van der Waals surface area (Å²) in [6.45, 7) is 5.81. The summed E-state index contributed by atoms with van der Waals surface area (Å²) in [6, 6.07) is 0. The number of nitrogens with zero attached hydrogens (tertiary/aromatic N) is 2. The number of hydrogen-bond donors (Lipinski definition) is 1. The van der Waals surface area contributed by atoms with Gasteiger partial charge in [0.15, 0.2) is 0 Å². The van der Waals surface area contributed by atoms with Gasteiger partial charge in [-0.05, 0) is 68.2 Å². The lowest BCUT2D eigenvalue weighted by Crippen LogP contribution is -2.56. The van der Waals surface area contributed by atoms with Gasteiger partial charge in [-0.3, -0.25) is 0 Å². The van der Waals surface area contributed by atoms with Crippen LogP contribution in [0.4, 0.5) is 0 Å². The molecule has 2 unspecified atom stereocenters. The van der Waals surface area contributed by atoms with Crippen LogP contribution in [0.1, 0.15) is 68.8 Å². The van der Waals surface area contributed by atoms with Crippen molar-refractivity contribution in [3.8, 4) is 0 Å². The first-order valence-corrected chi connectivity index (χ1v) is 9.29. The molecule has 0 amide bonds. The highest BCUT2D eigenvalue weighted by atomic mass is 32.1. The highest BCUT2D eigenvalue weighted by Gasteiger charge is 2.61. The molecule has 116 valence electrons. The van der Waals surface area contributed by atoms with Gasteiger partial charge >= 0.3 is 0 Å². The smallest absolute Gasteiger partial charge is 0.123 e. The summed E-state index contributed by atoms with van der Waals surface area (Å²) >= 11 is 1.88. The molecule has 4 aliphatic carbocycles. The molecule has 0 aliphatic heterocycles. The Morgan fingerprint density at radius 3 is 2.43 bits per heavy atom. The lowest BCUT2D eigenvalue weighted by Gasteiger charge is -2.64. The number of hydrogen-bond acceptors (Lipinski definition) is 4. The average Bonchev–Trinajstić information content (AvgIpc) is 2.81. The quantitative estimate of drug-likeness (QED) is 0.923. The molecule has 4 aliphatic rings. The van der Waals surface area contributed by atoms with Crippen molar-refractivity contribution >= 4 is 11.3 Å². The third-order valence-electron chi connectivity index (χ3n) is 6.14. The van der Waals surface area contributed by atoms with Crippen LogP contribution in [-0.4, -0.2) is 16.7 Å². The molecule has 1 aromatic rings. The van der Waals surface area contributed by atoms with Crippen LogP contribution < -0.4 is 5.73 Å². The first-order chi connectivity index (χ1) is 9.94. The van der Waals surface area contributed by atoms with Crippen molar-refractivity contribution < 1.29 is 0 Å². The summed E-state index contributed by atoms with van der Waals surface area (Å²) in [7, 11) is 0. The molecule has 3 nitrogen and oxygen atoms in total. The van der Waals surface area contributed by atoms with Gasteiger partial charge in [0.2, 0.25) is 0 Å². The maximum atomic E-state index is 5.62. The minimum Gasteiger partial charge on any atom is -0.330 e. The fourth-order valence-corrected chi connectivity index (χ4v) is 7.59. The Morgan fingerprint density at radius 1 is 1.10 bits per heavy atom. The zero-order valence-corrected chi connectivity index (χ0v) is 14.1. The first kappa shape index (κ1) is 14.1. The van der Waals surface area contributed by atoms with Gasteiger partial charge in [0, 0.05) is 11.8 Å². The topological polar surface area (TPSA) is 51.8 Å². The second kappa shape index (κ2) is 4.51. The molecule has 4 heteroatoms. The van der Waals surface area contributed by atoms with Crippen LogP contribution >= 0.6 is 11.3 Å². The minimum atomic E-state index is 0.349. The van der Waals surface area contributed by atoms with E-state index in [1.165, 1.54) is 48.5 Å². The monoisotopic (exact) mass is 305 g/mol. The molecule has 1 aromatic heterocycles. The predicted octanol–water partition coefficient (Wildman–Crippen LogP) is 3.68. The summed E-state index contributed by atoms with van der Waals surface area (Å²) in [6.07, 6.45) is 10.4. The molecule has 0 spiro atoms. The first-order valence-electron chi connectivity index (χ1n) is 8.47. The Kier molecular flexibility index (Phi) is 3.04. The van der Waals surface area contributed by atoms with E-state index in [1.807, 2.05) is 11.3 Å². The Balaban J connectivity index is 1.66. The van der Waals surface area contributed by atoms with E-state index in [9.17, 15) is 0 Å². The Morgan fingerprint density at radius 2 is 1.81 bits per heavy atom. The van der Waals surface area contributed by atoms with Gasteiger partial charge in [-0.25, -0.2) is 0 Å². The molecule has 4 saturated carbocycles. The minimum absolute atomic E-state index is 0.349. The summed E-state index contributed by atoms with van der Waals surface area (Å²) < 4.78 is 0. The van der Waals surface area contributed by atoms with Crippen molar-refractivity contribution in [1.29, 1.82) is 0 Å². The molecule has 21 heavy (non-hydrogen) atoms. The van der Waals surface area contributed by atoms with Crippen molar-refractivity contribution in [2.75, 3.05) is 6.54 Å². The number of aromatic nitrogens is 2. The highest BCUT2D eigenvalue weighted by Crippen LogP contribution is 2.69. The Hall–Kier alpha value is -0.480. The standard InChI is InChI=1S/C17H27N3S/c1-15-6-12-7-16(2,9-15)11-17(8-12,10-15)14-20-19-13(21-14)4-3-5-18/h12H,3-11,18H2,1-2H3. The molecule has 2 atom stereocenters. The SMILES string of the molecule is CC12CC3CC(C)(C1)CC(c1nnc(CCCN)s1)(C3)C2. The van der Waals surface area contributed by atoms with Crippen molar-refractivity contribution in [3.63, 3.8) is 0 Å². The third kappa shape index (κ3) is 2.26. The van der Waals surface area contributed by atoms with Crippen LogP contribution in [0.2, 0.25) is 0 Å². The number of nitrogens with two attached hydrogens (primary N) is 1. The van der Waals surface area contributed by atoms with E-state index < -0.39 is 0 Å². The van der Waals surface area contributed by atoms with Crippen LogP contribution in [0.3, 0.4) is 0 Å². The normalized spacial score (nSPS) is 44.4. The van der Waals surface area contributed by atoms with Gasteiger partial charge in [0.05, 0.1) is 0 Å². The zero-order chi connectivity index (χ0) is 14.7. The Labute approximate surface area is 131 Å². The van der Waals surface area contributed by atoms with E-state index in [2.05, 4.69) is 24.0 Å². The molecular formula is C17H27N3S. The van der Waals surface area contributed by atoms with E-state index in [4.69, 9.17) is 5.73 Å². The molecule has 2 N–H and O–H groups in total. The van der Waals surface area contributed by atoms with E-state index in [0.29, 0.717) is 16.2 Å².